The zero-order chi connectivity index (χ0) is 16.9. The Kier molecular flexibility index (Phi) is 6.56. The van der Waals surface area contributed by atoms with E-state index in [1.807, 2.05) is 31.4 Å². The van der Waals surface area contributed by atoms with Gasteiger partial charge in [-0.3, -0.25) is 14.5 Å². The number of amides is 1. The predicted molar refractivity (Wildman–Crippen MR) is 89.0 cm³/mol. The number of aliphatic carboxylic acids is 1. The highest BCUT2D eigenvalue weighted by Gasteiger charge is 2.29. The van der Waals surface area contributed by atoms with E-state index in [1.54, 1.807) is 16.2 Å². The number of rotatable bonds is 7. The van der Waals surface area contributed by atoms with Gasteiger partial charge in [-0.05, 0) is 30.7 Å². The maximum atomic E-state index is 12.4. The summed E-state index contributed by atoms with van der Waals surface area (Å²) in [6.45, 7) is 9.96. The largest absolute Gasteiger partial charge is 0.480 e. The maximum absolute atomic E-state index is 12.4. The third kappa shape index (κ3) is 5.77. The van der Waals surface area contributed by atoms with Crippen molar-refractivity contribution in [3.63, 3.8) is 0 Å². The fourth-order valence-corrected chi connectivity index (χ4v) is 3.18. The Balaban J connectivity index is 2.77. The highest BCUT2D eigenvalue weighted by atomic mass is 32.1. The summed E-state index contributed by atoms with van der Waals surface area (Å²) in [5, 5.41) is 14.0. The Hall–Kier alpha value is -1.40. The van der Waals surface area contributed by atoms with Gasteiger partial charge in [-0.25, -0.2) is 0 Å². The quantitative estimate of drug-likeness (QED) is 0.808. The van der Waals surface area contributed by atoms with Crippen molar-refractivity contribution in [1.29, 1.82) is 0 Å². The van der Waals surface area contributed by atoms with E-state index in [1.165, 1.54) is 0 Å². The topological polar surface area (TPSA) is 69.6 Å². The number of nitrogens with one attached hydrogen (secondary N) is 1. The van der Waals surface area contributed by atoms with Gasteiger partial charge in [0.05, 0.1) is 19.1 Å². The summed E-state index contributed by atoms with van der Waals surface area (Å²) < 4.78 is 0. The van der Waals surface area contributed by atoms with Crippen LogP contribution in [0.15, 0.2) is 17.5 Å². The Morgan fingerprint density at radius 1 is 1.32 bits per heavy atom. The van der Waals surface area contributed by atoms with Gasteiger partial charge in [-0.15, -0.1) is 11.3 Å². The van der Waals surface area contributed by atoms with Gasteiger partial charge in [0.1, 0.15) is 0 Å². The molecule has 0 radical (unpaired) electrons. The van der Waals surface area contributed by atoms with Crippen LogP contribution in [0.25, 0.3) is 0 Å². The van der Waals surface area contributed by atoms with Gasteiger partial charge in [0.2, 0.25) is 5.91 Å². The molecule has 0 aliphatic heterocycles. The minimum Gasteiger partial charge on any atom is -0.480 e. The van der Waals surface area contributed by atoms with Crippen LogP contribution in [0, 0.1) is 5.41 Å². The van der Waals surface area contributed by atoms with Crippen LogP contribution >= 0.6 is 11.3 Å². The van der Waals surface area contributed by atoms with Crippen molar-refractivity contribution < 1.29 is 14.7 Å². The fraction of sp³-hybridized carbons (Fsp3) is 0.625. The number of hydrogen-bond donors (Lipinski definition) is 2. The van der Waals surface area contributed by atoms with Crippen molar-refractivity contribution in [3.05, 3.63) is 22.4 Å². The van der Waals surface area contributed by atoms with E-state index in [4.69, 9.17) is 5.11 Å². The summed E-state index contributed by atoms with van der Waals surface area (Å²) in [6, 6.07) is 3.89. The molecule has 2 N–H and O–H groups in total. The van der Waals surface area contributed by atoms with Gasteiger partial charge in [-0.1, -0.05) is 26.8 Å². The first kappa shape index (κ1) is 18.6. The lowest BCUT2D eigenvalue weighted by Crippen LogP contribution is -2.45. The number of thiophene rings is 1. The molecule has 1 heterocycles. The molecule has 5 nitrogen and oxygen atoms in total. The van der Waals surface area contributed by atoms with Gasteiger partial charge >= 0.3 is 5.97 Å². The monoisotopic (exact) mass is 326 g/mol. The molecule has 6 heteroatoms. The van der Waals surface area contributed by atoms with Crippen molar-refractivity contribution >= 4 is 23.2 Å². The van der Waals surface area contributed by atoms with Crippen LogP contribution in [-0.4, -0.2) is 41.0 Å². The SMILES string of the molecule is CC(C)N(CC(=O)O)CC(=O)NC(c1cccs1)C(C)(C)C. The number of hydrogen-bond acceptors (Lipinski definition) is 4. The van der Waals surface area contributed by atoms with Crippen molar-refractivity contribution in [2.24, 2.45) is 5.41 Å². The molecular formula is C16H26N2O3S. The Morgan fingerprint density at radius 2 is 1.95 bits per heavy atom. The molecule has 0 saturated heterocycles. The van der Waals surface area contributed by atoms with Crippen molar-refractivity contribution in [2.45, 2.75) is 46.7 Å². The summed E-state index contributed by atoms with van der Waals surface area (Å²) in [6.07, 6.45) is 0. The second kappa shape index (κ2) is 7.74. The van der Waals surface area contributed by atoms with Crippen molar-refractivity contribution in [3.8, 4) is 0 Å². The number of carboxylic acids is 1. The number of carbonyl (C=O) groups excluding carboxylic acids is 1. The first-order valence-corrected chi connectivity index (χ1v) is 8.28. The molecular weight excluding hydrogens is 300 g/mol. The molecule has 1 aromatic heterocycles. The van der Waals surface area contributed by atoms with Crippen LogP contribution in [-0.2, 0) is 9.59 Å². The molecule has 1 rings (SSSR count). The fourth-order valence-electron chi connectivity index (χ4n) is 2.16. The van der Waals surface area contributed by atoms with Gasteiger partial charge < -0.3 is 10.4 Å². The lowest BCUT2D eigenvalue weighted by molar-refractivity contribution is -0.139. The van der Waals surface area contributed by atoms with Crippen LogP contribution in [0.1, 0.15) is 45.5 Å². The second-order valence-electron chi connectivity index (χ2n) is 6.77. The molecule has 1 atom stereocenters. The van der Waals surface area contributed by atoms with Gasteiger partial charge in [0, 0.05) is 10.9 Å². The summed E-state index contributed by atoms with van der Waals surface area (Å²) in [7, 11) is 0. The first-order chi connectivity index (χ1) is 10.1. The zero-order valence-corrected chi connectivity index (χ0v) is 14.7. The molecule has 0 fully saturated rings. The number of carboxylic acid groups (broad SMARTS) is 1. The minimum atomic E-state index is -0.924. The average Bonchev–Trinajstić information content (AvgIpc) is 2.86. The standard InChI is InChI=1S/C16H26N2O3S/c1-11(2)18(10-14(20)21)9-13(19)17-15(16(3,4)5)12-7-6-8-22-12/h6-8,11,15H,9-10H2,1-5H3,(H,17,19)(H,20,21). The van der Waals surface area contributed by atoms with Crippen molar-refractivity contribution in [2.75, 3.05) is 13.1 Å². The smallest absolute Gasteiger partial charge is 0.317 e. The minimum absolute atomic E-state index is 0.00308. The van der Waals surface area contributed by atoms with Gasteiger partial charge in [0.25, 0.3) is 0 Å². The molecule has 0 aromatic carbocycles. The van der Waals surface area contributed by atoms with Gasteiger partial charge in [0.15, 0.2) is 0 Å². The lowest BCUT2D eigenvalue weighted by atomic mass is 9.85. The summed E-state index contributed by atoms with van der Waals surface area (Å²) >= 11 is 1.61. The van der Waals surface area contributed by atoms with E-state index < -0.39 is 5.97 Å². The van der Waals surface area contributed by atoms with E-state index in [0.717, 1.165) is 4.88 Å². The maximum Gasteiger partial charge on any atom is 0.317 e. The molecule has 0 aliphatic carbocycles. The zero-order valence-electron chi connectivity index (χ0n) is 13.9. The van der Waals surface area contributed by atoms with Crippen LogP contribution in [0.4, 0.5) is 0 Å². The molecule has 1 amide bonds. The predicted octanol–water partition coefficient (Wildman–Crippen LogP) is 2.75. The number of carbonyl (C=O) groups is 2. The highest BCUT2D eigenvalue weighted by molar-refractivity contribution is 7.10. The lowest BCUT2D eigenvalue weighted by Gasteiger charge is -2.32. The average molecular weight is 326 g/mol. The molecule has 0 spiro atoms. The molecule has 1 aromatic rings. The molecule has 22 heavy (non-hydrogen) atoms. The highest BCUT2D eigenvalue weighted by Crippen LogP contribution is 2.35. The summed E-state index contributed by atoms with van der Waals surface area (Å²) in [5.74, 6) is -1.07. The van der Waals surface area contributed by atoms with Crippen molar-refractivity contribution in [1.82, 2.24) is 10.2 Å². The van der Waals surface area contributed by atoms with E-state index in [2.05, 4.69) is 26.1 Å². The molecule has 0 bridgehead atoms. The normalized spacial score (nSPS) is 13.4. The Labute approximate surface area is 136 Å². The first-order valence-electron chi connectivity index (χ1n) is 7.40. The third-order valence-electron chi connectivity index (χ3n) is 3.41. The summed E-state index contributed by atoms with van der Waals surface area (Å²) in [5.41, 5.74) is -0.115. The van der Waals surface area contributed by atoms with Crippen LogP contribution < -0.4 is 5.32 Å². The summed E-state index contributed by atoms with van der Waals surface area (Å²) in [4.78, 5) is 26.0. The third-order valence-corrected chi connectivity index (χ3v) is 4.35. The van der Waals surface area contributed by atoms with E-state index in [0.29, 0.717) is 0 Å². The Bertz CT molecular complexity index is 492. The number of nitrogens with zero attached hydrogens (tertiary/aromatic N) is 1. The molecule has 0 saturated carbocycles. The second-order valence-corrected chi connectivity index (χ2v) is 7.75. The van der Waals surface area contributed by atoms with E-state index >= 15 is 0 Å². The molecule has 0 aliphatic rings. The van der Waals surface area contributed by atoms with Crippen LogP contribution in [0.3, 0.4) is 0 Å². The van der Waals surface area contributed by atoms with E-state index in [-0.39, 0.29) is 36.5 Å². The molecule has 1 unspecified atom stereocenters. The Morgan fingerprint density at radius 3 is 2.36 bits per heavy atom. The van der Waals surface area contributed by atoms with Gasteiger partial charge in [-0.2, -0.15) is 0 Å². The molecule has 124 valence electrons. The van der Waals surface area contributed by atoms with Crippen LogP contribution in [0.5, 0.6) is 0 Å². The van der Waals surface area contributed by atoms with Crippen LogP contribution in [0.2, 0.25) is 0 Å². The van der Waals surface area contributed by atoms with E-state index in [9.17, 15) is 9.59 Å².